The molecule has 0 saturated carbocycles. The van der Waals surface area contributed by atoms with Crippen LogP contribution in [0.25, 0.3) is 0 Å². The van der Waals surface area contributed by atoms with Crippen molar-refractivity contribution in [2.75, 3.05) is 0 Å². The molecule has 1 aliphatic carbocycles. The van der Waals surface area contributed by atoms with E-state index >= 15 is 0 Å². The summed E-state index contributed by atoms with van der Waals surface area (Å²) in [6.45, 7) is 0. The van der Waals surface area contributed by atoms with Gasteiger partial charge in [-0.25, -0.2) is 0 Å². The van der Waals surface area contributed by atoms with Crippen molar-refractivity contribution in [2.24, 2.45) is 5.92 Å². The van der Waals surface area contributed by atoms with Gasteiger partial charge in [-0.15, -0.1) is 0 Å². The van der Waals surface area contributed by atoms with Gasteiger partial charge in [0, 0.05) is 24.5 Å². The summed E-state index contributed by atoms with van der Waals surface area (Å²) in [5.41, 5.74) is 0. The van der Waals surface area contributed by atoms with Crippen molar-refractivity contribution in [1.82, 2.24) is 10.6 Å². The van der Waals surface area contributed by atoms with Crippen molar-refractivity contribution in [3.63, 3.8) is 0 Å². The second kappa shape index (κ2) is 4.81. The zero-order valence-corrected chi connectivity index (χ0v) is 10.3. The van der Waals surface area contributed by atoms with E-state index in [0.717, 1.165) is 25.7 Å². The number of hydrogen-bond donors (Lipinski definition) is 2. The van der Waals surface area contributed by atoms with Crippen LogP contribution < -0.4 is 10.6 Å². The van der Waals surface area contributed by atoms with E-state index in [9.17, 15) is 4.79 Å². The minimum Gasteiger partial charge on any atom is -0.353 e. The largest absolute Gasteiger partial charge is 0.353 e. The van der Waals surface area contributed by atoms with Gasteiger partial charge >= 0.3 is 0 Å². The molecule has 1 amide bonds. The molecule has 2 fully saturated rings. The lowest BCUT2D eigenvalue weighted by Gasteiger charge is -2.29. The Kier molecular flexibility index (Phi) is 3.19. The van der Waals surface area contributed by atoms with Crippen molar-refractivity contribution >= 4 is 5.91 Å². The third-order valence-electron chi connectivity index (χ3n) is 4.40. The molecular weight excluding hydrogens is 212 g/mol. The molecule has 2 heterocycles. The molecule has 17 heavy (non-hydrogen) atoms. The van der Waals surface area contributed by atoms with Gasteiger partial charge in [-0.05, 0) is 44.4 Å². The molecule has 3 aliphatic rings. The van der Waals surface area contributed by atoms with Crippen LogP contribution in [0, 0.1) is 5.92 Å². The van der Waals surface area contributed by atoms with Crippen LogP contribution >= 0.6 is 0 Å². The Morgan fingerprint density at radius 2 is 2.00 bits per heavy atom. The van der Waals surface area contributed by atoms with E-state index in [0.29, 0.717) is 30.5 Å². The number of piperidine rings is 1. The average molecular weight is 234 g/mol. The number of carbonyl (C=O) groups is 1. The average Bonchev–Trinajstić information content (AvgIpc) is 2.89. The van der Waals surface area contributed by atoms with Crippen molar-refractivity contribution in [2.45, 2.75) is 63.1 Å². The quantitative estimate of drug-likeness (QED) is 0.730. The Hall–Kier alpha value is -0.830. The van der Waals surface area contributed by atoms with Gasteiger partial charge in [0.05, 0.1) is 0 Å². The molecule has 0 aromatic rings. The maximum Gasteiger partial charge on any atom is 0.220 e. The first-order chi connectivity index (χ1) is 8.29. The fourth-order valence-corrected chi connectivity index (χ4v) is 3.57. The Balaban J connectivity index is 1.46. The van der Waals surface area contributed by atoms with Gasteiger partial charge in [-0.2, -0.15) is 0 Å². The summed E-state index contributed by atoms with van der Waals surface area (Å²) in [7, 11) is 0. The molecule has 0 spiro atoms. The fourth-order valence-electron chi connectivity index (χ4n) is 3.57. The van der Waals surface area contributed by atoms with Gasteiger partial charge in [0.1, 0.15) is 0 Å². The Morgan fingerprint density at radius 3 is 2.65 bits per heavy atom. The Bertz CT molecular complexity index is 314. The molecule has 2 aliphatic heterocycles. The first kappa shape index (κ1) is 11.3. The van der Waals surface area contributed by atoms with Crippen LogP contribution in [0.3, 0.4) is 0 Å². The van der Waals surface area contributed by atoms with Crippen molar-refractivity contribution < 1.29 is 4.79 Å². The van der Waals surface area contributed by atoms with Gasteiger partial charge in [0.15, 0.2) is 0 Å². The van der Waals surface area contributed by atoms with Gasteiger partial charge in [0.25, 0.3) is 0 Å². The number of nitrogens with one attached hydrogen (secondary N) is 2. The molecule has 94 valence electrons. The summed E-state index contributed by atoms with van der Waals surface area (Å²) in [6.07, 6.45) is 12.2. The minimum absolute atomic E-state index is 0.257. The first-order valence-corrected chi connectivity index (χ1v) is 7.01. The van der Waals surface area contributed by atoms with Crippen LogP contribution in [0.1, 0.15) is 44.9 Å². The van der Waals surface area contributed by atoms with E-state index < -0.39 is 0 Å². The number of fused-ring (bicyclic) bond motifs is 2. The monoisotopic (exact) mass is 234 g/mol. The van der Waals surface area contributed by atoms with Gasteiger partial charge < -0.3 is 10.6 Å². The van der Waals surface area contributed by atoms with Crippen LogP contribution in [-0.2, 0) is 4.79 Å². The molecule has 2 saturated heterocycles. The van der Waals surface area contributed by atoms with Gasteiger partial charge in [-0.3, -0.25) is 4.79 Å². The standard InChI is InChI=1S/C14H22N2O/c17-14(7-10-3-1-2-4-10)16-13-8-11-5-6-12(9-13)15-11/h1,3,10-13,15H,2,4-9H2,(H,16,17). The van der Waals surface area contributed by atoms with Crippen molar-refractivity contribution in [3.05, 3.63) is 12.2 Å². The lowest BCUT2D eigenvalue weighted by atomic mass is 9.98. The number of rotatable bonds is 3. The van der Waals surface area contributed by atoms with E-state index in [1.807, 2.05) is 0 Å². The summed E-state index contributed by atoms with van der Waals surface area (Å²) in [4.78, 5) is 11.9. The number of amides is 1. The third kappa shape index (κ3) is 2.71. The number of allylic oxidation sites excluding steroid dienone is 2. The highest BCUT2D eigenvalue weighted by Crippen LogP contribution is 2.27. The van der Waals surface area contributed by atoms with Crippen LogP contribution in [0.2, 0.25) is 0 Å². The first-order valence-electron chi connectivity index (χ1n) is 7.01. The minimum atomic E-state index is 0.257. The molecule has 0 aromatic heterocycles. The predicted molar refractivity (Wildman–Crippen MR) is 67.6 cm³/mol. The summed E-state index contributed by atoms with van der Waals surface area (Å²) >= 11 is 0. The predicted octanol–water partition coefficient (Wildman–Crippen LogP) is 1.74. The van der Waals surface area contributed by atoms with Crippen LogP contribution in [-0.4, -0.2) is 24.0 Å². The zero-order valence-electron chi connectivity index (χ0n) is 10.3. The maximum atomic E-state index is 11.9. The Morgan fingerprint density at radius 1 is 1.24 bits per heavy atom. The summed E-state index contributed by atoms with van der Waals surface area (Å²) < 4.78 is 0. The molecule has 2 bridgehead atoms. The highest BCUT2D eigenvalue weighted by Gasteiger charge is 2.34. The topological polar surface area (TPSA) is 41.1 Å². The SMILES string of the molecule is O=C(CC1C=CCC1)NC1CC2CCC(C1)N2. The smallest absolute Gasteiger partial charge is 0.220 e. The molecule has 3 nitrogen and oxygen atoms in total. The van der Waals surface area contributed by atoms with Gasteiger partial charge in [-0.1, -0.05) is 12.2 Å². The van der Waals surface area contributed by atoms with Crippen LogP contribution in [0.5, 0.6) is 0 Å². The summed E-state index contributed by atoms with van der Waals surface area (Å²) in [5, 5.41) is 6.84. The fraction of sp³-hybridized carbons (Fsp3) is 0.786. The molecular formula is C14H22N2O. The zero-order chi connectivity index (χ0) is 11.7. The maximum absolute atomic E-state index is 11.9. The van der Waals surface area contributed by atoms with E-state index in [1.54, 1.807) is 0 Å². The van der Waals surface area contributed by atoms with E-state index in [4.69, 9.17) is 0 Å². The van der Waals surface area contributed by atoms with Crippen LogP contribution in [0.4, 0.5) is 0 Å². The van der Waals surface area contributed by atoms with Crippen molar-refractivity contribution in [1.29, 1.82) is 0 Å². The van der Waals surface area contributed by atoms with E-state index in [-0.39, 0.29) is 5.91 Å². The normalized spacial score (nSPS) is 39.5. The summed E-state index contributed by atoms with van der Waals surface area (Å²) in [6, 6.07) is 1.74. The second-order valence-corrected chi connectivity index (χ2v) is 5.84. The summed E-state index contributed by atoms with van der Waals surface area (Å²) in [5.74, 6) is 0.751. The molecule has 0 radical (unpaired) electrons. The number of carbonyl (C=O) groups excluding carboxylic acids is 1. The van der Waals surface area contributed by atoms with E-state index in [2.05, 4.69) is 22.8 Å². The van der Waals surface area contributed by atoms with Gasteiger partial charge in [0.2, 0.25) is 5.91 Å². The highest BCUT2D eigenvalue weighted by atomic mass is 16.1. The lowest BCUT2D eigenvalue weighted by Crippen LogP contribution is -2.48. The molecule has 0 aromatic carbocycles. The number of hydrogen-bond acceptors (Lipinski definition) is 2. The third-order valence-corrected chi connectivity index (χ3v) is 4.40. The molecule has 3 atom stereocenters. The van der Waals surface area contributed by atoms with E-state index in [1.165, 1.54) is 12.8 Å². The van der Waals surface area contributed by atoms with Crippen LogP contribution in [0.15, 0.2) is 12.2 Å². The lowest BCUT2D eigenvalue weighted by molar-refractivity contribution is -0.122. The molecule has 3 unspecified atom stereocenters. The highest BCUT2D eigenvalue weighted by molar-refractivity contribution is 5.76. The Labute approximate surface area is 103 Å². The van der Waals surface area contributed by atoms with Crippen molar-refractivity contribution in [3.8, 4) is 0 Å². The molecule has 3 heteroatoms. The second-order valence-electron chi connectivity index (χ2n) is 5.84. The molecule has 2 N–H and O–H groups in total. The molecule has 3 rings (SSSR count).